The lowest BCUT2D eigenvalue weighted by Gasteiger charge is -2.05. The zero-order valence-corrected chi connectivity index (χ0v) is 7.54. The predicted molar refractivity (Wildman–Crippen MR) is 47.0 cm³/mol. The molecule has 0 saturated carbocycles. The van der Waals surface area contributed by atoms with Crippen LogP contribution in [0.25, 0.3) is 0 Å². The summed E-state index contributed by atoms with van der Waals surface area (Å²) in [4.78, 5) is 0. The number of alkyl halides is 1. The zero-order chi connectivity index (χ0) is 9.68. The Bertz CT molecular complexity index is 278. The maximum Gasteiger partial charge on any atom is 0.302 e. The van der Waals surface area contributed by atoms with E-state index in [-0.39, 0.29) is 0 Å². The van der Waals surface area contributed by atoms with Gasteiger partial charge in [0.25, 0.3) is 0 Å². The molecule has 0 heterocycles. The third kappa shape index (κ3) is 3.63. The SMILES string of the molecule is O=S(O)OCC(F)c1ccccc1. The molecule has 0 aliphatic rings. The second-order valence-corrected chi connectivity index (χ2v) is 3.05. The molecule has 3 nitrogen and oxygen atoms in total. The molecule has 0 amide bonds. The van der Waals surface area contributed by atoms with Gasteiger partial charge < -0.3 is 0 Å². The van der Waals surface area contributed by atoms with Gasteiger partial charge in [-0.15, -0.1) is 0 Å². The molecule has 1 aromatic carbocycles. The number of hydrogen-bond acceptors (Lipinski definition) is 2. The molecule has 0 aliphatic carbocycles. The fourth-order valence-electron chi connectivity index (χ4n) is 0.876. The average Bonchev–Trinajstić information content (AvgIpc) is 2.15. The summed E-state index contributed by atoms with van der Waals surface area (Å²) in [6.07, 6.45) is -1.36. The molecule has 0 spiro atoms. The van der Waals surface area contributed by atoms with Crippen LogP contribution in [0.5, 0.6) is 0 Å². The van der Waals surface area contributed by atoms with E-state index in [2.05, 4.69) is 4.18 Å². The van der Waals surface area contributed by atoms with Gasteiger partial charge in [0.15, 0.2) is 0 Å². The molecule has 0 aromatic heterocycles. The lowest BCUT2D eigenvalue weighted by atomic mass is 10.1. The Hall–Kier alpha value is -0.780. The first-order chi connectivity index (χ1) is 6.20. The fraction of sp³-hybridized carbons (Fsp3) is 0.250. The first-order valence-electron chi connectivity index (χ1n) is 3.63. The van der Waals surface area contributed by atoms with Gasteiger partial charge >= 0.3 is 11.4 Å². The van der Waals surface area contributed by atoms with Crippen LogP contribution in [0.3, 0.4) is 0 Å². The van der Waals surface area contributed by atoms with Crippen molar-refractivity contribution in [3.8, 4) is 0 Å². The Morgan fingerprint density at radius 3 is 2.62 bits per heavy atom. The molecule has 1 aromatic rings. The number of halogens is 1. The molecule has 1 rings (SSSR count). The smallest absolute Gasteiger partial charge is 0.284 e. The minimum absolute atomic E-state index is 0.410. The third-order valence-corrected chi connectivity index (χ3v) is 1.81. The van der Waals surface area contributed by atoms with Crippen molar-refractivity contribution < 1.29 is 17.3 Å². The Kier molecular flexibility index (Phi) is 4.01. The molecule has 13 heavy (non-hydrogen) atoms. The molecule has 5 heteroatoms. The number of rotatable bonds is 4. The second-order valence-electron chi connectivity index (χ2n) is 2.38. The fourth-order valence-corrected chi connectivity index (χ4v) is 1.11. The Labute approximate surface area is 78.0 Å². The summed E-state index contributed by atoms with van der Waals surface area (Å²) < 4.78 is 35.6. The van der Waals surface area contributed by atoms with Gasteiger partial charge in [-0.1, -0.05) is 30.3 Å². The lowest BCUT2D eigenvalue weighted by Crippen LogP contribution is -2.04. The molecule has 0 saturated heterocycles. The maximum atomic E-state index is 13.1. The monoisotopic (exact) mass is 204 g/mol. The average molecular weight is 204 g/mol. The molecule has 2 unspecified atom stereocenters. The van der Waals surface area contributed by atoms with Crippen molar-refractivity contribution in [2.45, 2.75) is 6.17 Å². The van der Waals surface area contributed by atoms with Gasteiger partial charge in [-0.3, -0.25) is 8.74 Å². The van der Waals surface area contributed by atoms with E-state index in [4.69, 9.17) is 4.55 Å². The third-order valence-electron chi connectivity index (χ3n) is 1.48. The topological polar surface area (TPSA) is 46.5 Å². The summed E-state index contributed by atoms with van der Waals surface area (Å²) in [5, 5.41) is 0. The normalized spacial score (nSPS) is 15.2. The molecule has 0 aliphatic heterocycles. The molecule has 2 atom stereocenters. The van der Waals surface area contributed by atoms with Crippen LogP contribution in [0, 0.1) is 0 Å². The quantitative estimate of drug-likeness (QED) is 0.761. The van der Waals surface area contributed by atoms with Crippen LogP contribution in [0.15, 0.2) is 30.3 Å². The molecular weight excluding hydrogens is 195 g/mol. The van der Waals surface area contributed by atoms with Crippen LogP contribution < -0.4 is 0 Å². The minimum atomic E-state index is -2.40. The highest BCUT2D eigenvalue weighted by Gasteiger charge is 2.10. The number of benzene rings is 1. The largest absolute Gasteiger partial charge is 0.302 e. The van der Waals surface area contributed by atoms with E-state index in [9.17, 15) is 8.60 Å². The van der Waals surface area contributed by atoms with Crippen molar-refractivity contribution in [2.24, 2.45) is 0 Å². The van der Waals surface area contributed by atoms with Crippen LogP contribution in [0.4, 0.5) is 4.39 Å². The van der Waals surface area contributed by atoms with Crippen molar-refractivity contribution in [2.75, 3.05) is 6.61 Å². The summed E-state index contributed by atoms with van der Waals surface area (Å²) in [6.45, 7) is -0.410. The molecular formula is C8H9FO3S. The highest BCUT2D eigenvalue weighted by atomic mass is 32.2. The van der Waals surface area contributed by atoms with E-state index >= 15 is 0 Å². The van der Waals surface area contributed by atoms with Gasteiger partial charge in [0.05, 0.1) is 0 Å². The van der Waals surface area contributed by atoms with Crippen molar-refractivity contribution in [1.82, 2.24) is 0 Å². The number of hydrogen-bond donors (Lipinski definition) is 1. The van der Waals surface area contributed by atoms with Crippen LogP contribution in [-0.4, -0.2) is 15.4 Å². The van der Waals surface area contributed by atoms with Gasteiger partial charge in [0.1, 0.15) is 12.8 Å². The molecule has 0 radical (unpaired) electrons. The summed E-state index contributed by atoms with van der Waals surface area (Å²) >= 11 is -2.40. The van der Waals surface area contributed by atoms with Crippen molar-refractivity contribution in [3.63, 3.8) is 0 Å². The highest BCUT2D eigenvalue weighted by Crippen LogP contribution is 2.16. The van der Waals surface area contributed by atoms with Crippen LogP contribution in [-0.2, 0) is 15.5 Å². The minimum Gasteiger partial charge on any atom is -0.284 e. The van der Waals surface area contributed by atoms with Gasteiger partial charge in [0.2, 0.25) is 0 Å². The molecule has 0 bridgehead atoms. The van der Waals surface area contributed by atoms with E-state index in [0.29, 0.717) is 5.56 Å². The second kappa shape index (κ2) is 5.06. The van der Waals surface area contributed by atoms with Crippen molar-refractivity contribution >= 4 is 11.4 Å². The van der Waals surface area contributed by atoms with E-state index < -0.39 is 24.1 Å². The summed E-state index contributed by atoms with van der Waals surface area (Å²) in [6, 6.07) is 8.33. The standard InChI is InChI=1S/C8H9FO3S/c9-8(6-12-13(10)11)7-4-2-1-3-5-7/h1-5,8H,6H2,(H,10,11). The van der Waals surface area contributed by atoms with Gasteiger partial charge in [-0.25, -0.2) is 4.39 Å². The Morgan fingerprint density at radius 1 is 1.46 bits per heavy atom. The maximum absolute atomic E-state index is 13.1. The van der Waals surface area contributed by atoms with Gasteiger partial charge in [0, 0.05) is 0 Å². The van der Waals surface area contributed by atoms with E-state index in [1.807, 2.05) is 0 Å². The first-order valence-corrected chi connectivity index (χ1v) is 4.66. The Balaban J connectivity index is 2.49. The molecule has 0 fully saturated rings. The van der Waals surface area contributed by atoms with Crippen LogP contribution in [0.2, 0.25) is 0 Å². The summed E-state index contributed by atoms with van der Waals surface area (Å²) in [7, 11) is 0. The molecule has 1 N–H and O–H groups in total. The predicted octanol–water partition coefficient (Wildman–Crippen LogP) is 1.85. The van der Waals surface area contributed by atoms with E-state index in [1.54, 1.807) is 30.3 Å². The van der Waals surface area contributed by atoms with Gasteiger partial charge in [-0.2, -0.15) is 4.21 Å². The zero-order valence-electron chi connectivity index (χ0n) is 6.72. The van der Waals surface area contributed by atoms with Crippen molar-refractivity contribution in [1.29, 1.82) is 0 Å². The van der Waals surface area contributed by atoms with Crippen LogP contribution in [0.1, 0.15) is 11.7 Å². The van der Waals surface area contributed by atoms with E-state index in [0.717, 1.165) is 0 Å². The molecule has 72 valence electrons. The Morgan fingerprint density at radius 2 is 2.08 bits per heavy atom. The summed E-state index contributed by atoms with van der Waals surface area (Å²) in [5.41, 5.74) is 0.438. The van der Waals surface area contributed by atoms with E-state index in [1.165, 1.54) is 0 Å². The lowest BCUT2D eigenvalue weighted by molar-refractivity contribution is 0.199. The van der Waals surface area contributed by atoms with Gasteiger partial charge in [-0.05, 0) is 5.56 Å². The summed E-state index contributed by atoms with van der Waals surface area (Å²) in [5.74, 6) is 0. The first kappa shape index (κ1) is 10.3. The van der Waals surface area contributed by atoms with Crippen molar-refractivity contribution in [3.05, 3.63) is 35.9 Å². The highest BCUT2D eigenvalue weighted by molar-refractivity contribution is 7.74. The van der Waals surface area contributed by atoms with Crippen LogP contribution >= 0.6 is 0 Å².